The number of amides is 1. The molecule has 8 heteroatoms. The van der Waals surface area contributed by atoms with E-state index in [1.165, 1.54) is 18.2 Å². The topological polar surface area (TPSA) is 122 Å². The van der Waals surface area contributed by atoms with Crippen LogP contribution in [0.4, 0.5) is 11.4 Å². The lowest BCUT2D eigenvalue weighted by atomic mass is 10.0. The first kappa shape index (κ1) is 13.8. The first-order chi connectivity index (χ1) is 9.50. The average Bonchev–Trinajstić information content (AvgIpc) is 2.41. The molecule has 3 N–H and O–H groups in total. The fourth-order valence-corrected chi connectivity index (χ4v) is 2.11. The Morgan fingerprint density at radius 1 is 1.50 bits per heavy atom. The van der Waals surface area contributed by atoms with E-state index in [4.69, 9.17) is 5.11 Å². The van der Waals surface area contributed by atoms with Crippen molar-refractivity contribution in [3.8, 4) is 0 Å². The van der Waals surface area contributed by atoms with Gasteiger partial charge in [-0.05, 0) is 18.9 Å². The number of carboxylic acids is 1. The lowest BCUT2D eigenvalue weighted by Gasteiger charge is -2.24. The lowest BCUT2D eigenvalue weighted by molar-refractivity contribution is -0.384. The van der Waals surface area contributed by atoms with Gasteiger partial charge in [0.1, 0.15) is 11.7 Å². The number of para-hydroxylation sites is 1. The van der Waals surface area contributed by atoms with E-state index in [1.54, 1.807) is 0 Å². The van der Waals surface area contributed by atoms with Gasteiger partial charge >= 0.3 is 5.97 Å². The first-order valence-electron chi connectivity index (χ1n) is 6.05. The molecule has 2 rings (SSSR count). The van der Waals surface area contributed by atoms with Gasteiger partial charge in [0.05, 0.1) is 10.5 Å². The summed E-state index contributed by atoms with van der Waals surface area (Å²) in [7, 11) is 0. The van der Waals surface area contributed by atoms with Crippen molar-refractivity contribution in [2.24, 2.45) is 0 Å². The van der Waals surface area contributed by atoms with Crippen LogP contribution in [0.5, 0.6) is 0 Å². The fourth-order valence-electron chi connectivity index (χ4n) is 2.11. The maximum Gasteiger partial charge on any atom is 0.338 e. The van der Waals surface area contributed by atoms with E-state index in [0.717, 1.165) is 6.42 Å². The van der Waals surface area contributed by atoms with Crippen LogP contribution in [-0.4, -0.2) is 34.5 Å². The number of hydrogen-bond acceptors (Lipinski definition) is 5. The van der Waals surface area contributed by atoms with Crippen LogP contribution in [-0.2, 0) is 4.79 Å². The summed E-state index contributed by atoms with van der Waals surface area (Å²) >= 11 is 0. The zero-order valence-electron chi connectivity index (χ0n) is 10.5. The third-order valence-corrected chi connectivity index (χ3v) is 3.07. The van der Waals surface area contributed by atoms with Crippen molar-refractivity contribution in [2.45, 2.75) is 18.9 Å². The van der Waals surface area contributed by atoms with Crippen LogP contribution in [0.2, 0.25) is 0 Å². The van der Waals surface area contributed by atoms with Gasteiger partial charge in [0.2, 0.25) is 5.91 Å². The highest BCUT2D eigenvalue weighted by Crippen LogP contribution is 2.29. The van der Waals surface area contributed by atoms with Gasteiger partial charge in [-0.3, -0.25) is 14.9 Å². The highest BCUT2D eigenvalue weighted by Gasteiger charge is 2.28. The van der Waals surface area contributed by atoms with Crippen LogP contribution in [0.3, 0.4) is 0 Å². The van der Waals surface area contributed by atoms with E-state index in [1.807, 2.05) is 0 Å². The van der Waals surface area contributed by atoms with Crippen molar-refractivity contribution in [1.29, 1.82) is 0 Å². The number of benzene rings is 1. The van der Waals surface area contributed by atoms with E-state index in [-0.39, 0.29) is 22.8 Å². The molecule has 20 heavy (non-hydrogen) atoms. The predicted molar refractivity (Wildman–Crippen MR) is 69.7 cm³/mol. The minimum atomic E-state index is -1.28. The van der Waals surface area contributed by atoms with Gasteiger partial charge in [0.15, 0.2) is 0 Å². The number of carboxylic acid groups (broad SMARTS) is 1. The van der Waals surface area contributed by atoms with Crippen molar-refractivity contribution >= 4 is 23.3 Å². The Morgan fingerprint density at radius 2 is 2.25 bits per heavy atom. The molecule has 8 nitrogen and oxygen atoms in total. The summed E-state index contributed by atoms with van der Waals surface area (Å²) in [4.78, 5) is 33.1. The number of nitrogens with zero attached hydrogens (tertiary/aromatic N) is 1. The largest absolute Gasteiger partial charge is 0.478 e. The van der Waals surface area contributed by atoms with Crippen molar-refractivity contribution in [3.05, 3.63) is 33.9 Å². The summed E-state index contributed by atoms with van der Waals surface area (Å²) in [5.41, 5.74) is -0.715. The second kappa shape index (κ2) is 5.55. The molecule has 1 unspecified atom stereocenters. The number of hydrogen-bond donors (Lipinski definition) is 3. The molecule has 1 amide bonds. The van der Waals surface area contributed by atoms with Gasteiger partial charge in [-0.15, -0.1) is 0 Å². The second-order valence-corrected chi connectivity index (χ2v) is 4.39. The number of nitrogens with one attached hydrogen (secondary N) is 2. The Labute approximate surface area is 113 Å². The lowest BCUT2D eigenvalue weighted by Crippen LogP contribution is -2.44. The molecule has 1 aromatic carbocycles. The van der Waals surface area contributed by atoms with Crippen molar-refractivity contribution < 1.29 is 19.6 Å². The summed E-state index contributed by atoms with van der Waals surface area (Å²) in [6, 6.07) is 3.10. The molecule has 1 saturated heterocycles. The summed E-state index contributed by atoms with van der Waals surface area (Å²) < 4.78 is 0. The number of rotatable bonds is 4. The molecule has 1 heterocycles. The zero-order chi connectivity index (χ0) is 14.7. The molecule has 1 fully saturated rings. The van der Waals surface area contributed by atoms with Gasteiger partial charge in [-0.25, -0.2) is 4.79 Å². The number of anilines is 1. The van der Waals surface area contributed by atoms with Gasteiger partial charge in [0.25, 0.3) is 5.69 Å². The molecule has 0 aromatic heterocycles. The number of aromatic carboxylic acids is 1. The molecular formula is C12H13N3O5. The van der Waals surface area contributed by atoms with Crippen molar-refractivity contribution in [2.75, 3.05) is 11.9 Å². The zero-order valence-corrected chi connectivity index (χ0v) is 10.5. The Balaban J connectivity index is 2.39. The van der Waals surface area contributed by atoms with E-state index < -0.39 is 16.9 Å². The highest BCUT2D eigenvalue weighted by molar-refractivity contribution is 5.98. The van der Waals surface area contributed by atoms with Crippen molar-refractivity contribution in [3.63, 3.8) is 0 Å². The third kappa shape index (κ3) is 2.68. The monoisotopic (exact) mass is 279 g/mol. The maximum atomic E-state index is 11.7. The second-order valence-electron chi connectivity index (χ2n) is 4.39. The Hall–Kier alpha value is -2.64. The van der Waals surface area contributed by atoms with Crippen LogP contribution in [0, 0.1) is 10.1 Å². The predicted octanol–water partition coefficient (Wildman–Crippen LogP) is 0.983. The summed E-state index contributed by atoms with van der Waals surface area (Å²) in [6.45, 7) is 0.555. The average molecular weight is 279 g/mol. The molecular weight excluding hydrogens is 266 g/mol. The van der Waals surface area contributed by atoms with E-state index in [9.17, 15) is 19.7 Å². The number of nitro benzene ring substituents is 1. The molecule has 0 aliphatic carbocycles. The molecule has 1 aliphatic rings. The van der Waals surface area contributed by atoms with E-state index in [2.05, 4.69) is 10.6 Å². The standard InChI is InChI=1S/C12H13N3O5/c16-11-8(4-2-6-13-11)14-10-7(12(17)18)3-1-5-9(10)15(19)20/h1,3,5,8,14H,2,4,6H2,(H,13,16)(H,17,18). The SMILES string of the molecule is O=C(O)c1cccc([N+](=O)[O-])c1NC1CCCNC1=O. The molecule has 1 aromatic rings. The molecule has 1 atom stereocenters. The van der Waals surface area contributed by atoms with Crippen LogP contribution in [0.15, 0.2) is 18.2 Å². The van der Waals surface area contributed by atoms with Crippen molar-refractivity contribution in [1.82, 2.24) is 5.32 Å². The Morgan fingerprint density at radius 3 is 2.85 bits per heavy atom. The van der Waals surface area contributed by atoms with Gasteiger partial charge in [0, 0.05) is 12.6 Å². The third-order valence-electron chi connectivity index (χ3n) is 3.07. The molecule has 0 bridgehead atoms. The normalized spacial score (nSPS) is 18.2. The molecule has 0 spiro atoms. The number of carbonyl (C=O) groups is 2. The fraction of sp³-hybridized carbons (Fsp3) is 0.333. The summed E-state index contributed by atoms with van der Waals surface area (Å²) in [6.07, 6.45) is 1.23. The molecule has 0 saturated carbocycles. The highest BCUT2D eigenvalue weighted by atomic mass is 16.6. The molecule has 106 valence electrons. The first-order valence-corrected chi connectivity index (χ1v) is 6.05. The van der Waals surface area contributed by atoms with E-state index in [0.29, 0.717) is 13.0 Å². The number of piperidine rings is 1. The minimum Gasteiger partial charge on any atom is -0.478 e. The van der Waals surface area contributed by atoms with Crippen LogP contribution >= 0.6 is 0 Å². The van der Waals surface area contributed by atoms with Crippen LogP contribution in [0.1, 0.15) is 23.2 Å². The van der Waals surface area contributed by atoms with Crippen LogP contribution in [0.25, 0.3) is 0 Å². The van der Waals surface area contributed by atoms with Gasteiger partial charge in [-0.1, -0.05) is 6.07 Å². The number of nitro groups is 1. The summed E-state index contributed by atoms with van der Waals surface area (Å²) in [5, 5.41) is 25.4. The Kier molecular flexibility index (Phi) is 3.83. The molecule has 1 aliphatic heterocycles. The number of carbonyl (C=O) groups excluding carboxylic acids is 1. The van der Waals surface area contributed by atoms with Gasteiger partial charge < -0.3 is 15.7 Å². The minimum absolute atomic E-state index is 0.132. The Bertz CT molecular complexity index is 540. The smallest absolute Gasteiger partial charge is 0.338 e. The van der Waals surface area contributed by atoms with Crippen LogP contribution < -0.4 is 10.6 Å². The van der Waals surface area contributed by atoms with E-state index >= 15 is 0 Å². The quantitative estimate of drug-likeness (QED) is 0.558. The van der Waals surface area contributed by atoms with Gasteiger partial charge in [-0.2, -0.15) is 0 Å². The summed E-state index contributed by atoms with van der Waals surface area (Å²) in [5.74, 6) is -1.57. The maximum absolute atomic E-state index is 11.7. The molecule has 0 radical (unpaired) electrons.